The summed E-state index contributed by atoms with van der Waals surface area (Å²) >= 11 is 1.61. The molecule has 3 aromatic heterocycles. The van der Waals surface area contributed by atoms with Gasteiger partial charge in [0.25, 0.3) is 0 Å². The fourth-order valence-corrected chi connectivity index (χ4v) is 2.64. The summed E-state index contributed by atoms with van der Waals surface area (Å²) < 4.78 is 3.48. The standard InChI is InChI=1S/C12H16N8S/c1-3-9-8-11(20-10(15-9)4-5-14-20)13-6-7-21-12-16-17-18-19(12)2/h4-5,8,13H,3,6-7H2,1-2H3. The lowest BCUT2D eigenvalue weighted by Gasteiger charge is -2.09. The summed E-state index contributed by atoms with van der Waals surface area (Å²) in [5.41, 5.74) is 1.91. The molecule has 0 fully saturated rings. The summed E-state index contributed by atoms with van der Waals surface area (Å²) in [6.45, 7) is 2.88. The maximum Gasteiger partial charge on any atom is 0.209 e. The van der Waals surface area contributed by atoms with Crippen molar-refractivity contribution < 1.29 is 0 Å². The number of thioether (sulfide) groups is 1. The zero-order chi connectivity index (χ0) is 14.7. The van der Waals surface area contributed by atoms with Crippen molar-refractivity contribution in [1.82, 2.24) is 34.8 Å². The zero-order valence-corrected chi connectivity index (χ0v) is 12.7. The molecule has 0 amide bonds. The van der Waals surface area contributed by atoms with Gasteiger partial charge in [0.15, 0.2) is 5.65 Å². The molecule has 8 nitrogen and oxygen atoms in total. The van der Waals surface area contributed by atoms with Crippen LogP contribution < -0.4 is 5.32 Å². The minimum absolute atomic E-state index is 0.791. The van der Waals surface area contributed by atoms with Crippen LogP contribution in [-0.4, -0.2) is 47.1 Å². The number of tetrazole rings is 1. The van der Waals surface area contributed by atoms with Crippen LogP contribution in [0.3, 0.4) is 0 Å². The third-order valence-electron chi connectivity index (χ3n) is 3.00. The monoisotopic (exact) mass is 304 g/mol. The molecule has 3 heterocycles. The quantitative estimate of drug-likeness (QED) is 0.537. The van der Waals surface area contributed by atoms with E-state index in [9.17, 15) is 0 Å². The predicted octanol–water partition coefficient (Wildman–Crippen LogP) is 1.02. The smallest absolute Gasteiger partial charge is 0.209 e. The Bertz CT molecular complexity index is 734. The largest absolute Gasteiger partial charge is 0.369 e. The average molecular weight is 304 g/mol. The first-order valence-electron chi connectivity index (χ1n) is 6.70. The van der Waals surface area contributed by atoms with Gasteiger partial charge in [-0.1, -0.05) is 18.7 Å². The Morgan fingerprint density at radius 3 is 3.05 bits per heavy atom. The van der Waals surface area contributed by atoms with E-state index in [0.717, 1.165) is 41.0 Å². The highest BCUT2D eigenvalue weighted by Crippen LogP contribution is 2.15. The molecule has 0 atom stereocenters. The van der Waals surface area contributed by atoms with E-state index in [0.29, 0.717) is 0 Å². The minimum atomic E-state index is 0.791. The van der Waals surface area contributed by atoms with Crippen molar-refractivity contribution in [1.29, 1.82) is 0 Å². The minimum Gasteiger partial charge on any atom is -0.369 e. The summed E-state index contributed by atoms with van der Waals surface area (Å²) in [4.78, 5) is 4.52. The van der Waals surface area contributed by atoms with Crippen LogP contribution in [0.15, 0.2) is 23.5 Å². The second-order valence-corrected chi connectivity index (χ2v) is 5.51. The topological polar surface area (TPSA) is 85.8 Å². The molecule has 0 aliphatic carbocycles. The summed E-state index contributed by atoms with van der Waals surface area (Å²) in [6.07, 6.45) is 2.66. The molecule has 0 aliphatic heterocycles. The van der Waals surface area contributed by atoms with Crippen molar-refractivity contribution in [2.24, 2.45) is 7.05 Å². The van der Waals surface area contributed by atoms with Crippen LogP contribution in [-0.2, 0) is 13.5 Å². The van der Waals surface area contributed by atoms with E-state index in [2.05, 4.69) is 37.8 Å². The molecule has 0 bridgehead atoms. The van der Waals surface area contributed by atoms with Gasteiger partial charge < -0.3 is 5.32 Å². The van der Waals surface area contributed by atoms with E-state index >= 15 is 0 Å². The Kier molecular flexibility index (Phi) is 4.00. The summed E-state index contributed by atoms with van der Waals surface area (Å²) in [5.74, 6) is 1.82. The Morgan fingerprint density at radius 2 is 2.29 bits per heavy atom. The van der Waals surface area contributed by atoms with E-state index < -0.39 is 0 Å². The van der Waals surface area contributed by atoms with Gasteiger partial charge in [0.05, 0.1) is 6.20 Å². The summed E-state index contributed by atoms with van der Waals surface area (Å²) in [6, 6.07) is 3.94. The Balaban J connectivity index is 1.65. The molecular formula is C12H16N8S. The normalized spacial score (nSPS) is 11.1. The second-order valence-electron chi connectivity index (χ2n) is 4.45. The molecule has 21 heavy (non-hydrogen) atoms. The zero-order valence-electron chi connectivity index (χ0n) is 11.9. The second kappa shape index (κ2) is 6.08. The molecule has 3 aromatic rings. The Labute approximate surface area is 125 Å². The highest BCUT2D eigenvalue weighted by Gasteiger charge is 2.06. The number of aromatic nitrogens is 7. The van der Waals surface area contributed by atoms with Gasteiger partial charge in [-0.25, -0.2) is 9.67 Å². The van der Waals surface area contributed by atoms with E-state index in [4.69, 9.17) is 0 Å². The third-order valence-corrected chi connectivity index (χ3v) is 4.01. The van der Waals surface area contributed by atoms with Gasteiger partial charge in [-0.05, 0) is 16.8 Å². The number of hydrogen-bond acceptors (Lipinski definition) is 7. The van der Waals surface area contributed by atoms with Crippen LogP contribution in [0.5, 0.6) is 0 Å². The number of anilines is 1. The van der Waals surface area contributed by atoms with Gasteiger partial charge in [0.1, 0.15) is 5.82 Å². The van der Waals surface area contributed by atoms with Crippen LogP contribution in [0.4, 0.5) is 5.82 Å². The average Bonchev–Trinajstić information content (AvgIpc) is 3.12. The molecule has 0 radical (unpaired) electrons. The first-order chi connectivity index (χ1) is 10.3. The van der Waals surface area contributed by atoms with Crippen LogP contribution >= 0.6 is 11.8 Å². The van der Waals surface area contributed by atoms with Gasteiger partial charge in [-0.2, -0.15) is 9.61 Å². The van der Waals surface area contributed by atoms with Crippen molar-refractivity contribution in [3.05, 3.63) is 24.0 Å². The van der Waals surface area contributed by atoms with Gasteiger partial charge in [0.2, 0.25) is 5.16 Å². The Morgan fingerprint density at radius 1 is 1.38 bits per heavy atom. The van der Waals surface area contributed by atoms with E-state index in [1.165, 1.54) is 0 Å². The van der Waals surface area contributed by atoms with Crippen LogP contribution in [0.1, 0.15) is 12.6 Å². The molecule has 0 spiro atoms. The molecule has 0 aliphatic rings. The van der Waals surface area contributed by atoms with Crippen molar-refractivity contribution in [2.75, 3.05) is 17.6 Å². The molecule has 9 heteroatoms. The van der Waals surface area contributed by atoms with Crippen molar-refractivity contribution >= 4 is 23.2 Å². The lowest BCUT2D eigenvalue weighted by atomic mass is 10.3. The van der Waals surface area contributed by atoms with E-state index in [1.807, 2.05) is 23.7 Å². The maximum atomic E-state index is 4.52. The highest BCUT2D eigenvalue weighted by molar-refractivity contribution is 7.99. The lowest BCUT2D eigenvalue weighted by Crippen LogP contribution is -2.10. The molecular weight excluding hydrogens is 288 g/mol. The van der Waals surface area contributed by atoms with E-state index in [1.54, 1.807) is 22.6 Å². The molecule has 0 saturated heterocycles. The highest BCUT2D eigenvalue weighted by atomic mass is 32.2. The van der Waals surface area contributed by atoms with Gasteiger partial charge >= 0.3 is 0 Å². The third kappa shape index (κ3) is 2.97. The predicted molar refractivity (Wildman–Crippen MR) is 80.4 cm³/mol. The molecule has 0 saturated carbocycles. The van der Waals surface area contributed by atoms with Crippen LogP contribution in [0.2, 0.25) is 0 Å². The SMILES string of the molecule is CCc1cc(NCCSc2nnnn2C)n2nccc2n1. The van der Waals surface area contributed by atoms with E-state index in [-0.39, 0.29) is 0 Å². The van der Waals surface area contributed by atoms with Gasteiger partial charge in [0, 0.05) is 37.2 Å². The van der Waals surface area contributed by atoms with Crippen molar-refractivity contribution in [3.8, 4) is 0 Å². The number of nitrogens with one attached hydrogen (secondary N) is 1. The number of rotatable bonds is 6. The number of fused-ring (bicyclic) bond motifs is 1. The van der Waals surface area contributed by atoms with Crippen LogP contribution in [0, 0.1) is 0 Å². The number of hydrogen-bond donors (Lipinski definition) is 1. The molecule has 0 unspecified atom stereocenters. The summed E-state index contributed by atoms with van der Waals surface area (Å²) in [7, 11) is 1.83. The molecule has 0 aromatic carbocycles. The van der Waals surface area contributed by atoms with Gasteiger partial charge in [-0.3, -0.25) is 0 Å². The first kappa shape index (κ1) is 13.8. The number of nitrogens with zero attached hydrogens (tertiary/aromatic N) is 7. The van der Waals surface area contributed by atoms with Gasteiger partial charge in [-0.15, -0.1) is 5.10 Å². The van der Waals surface area contributed by atoms with Crippen molar-refractivity contribution in [3.63, 3.8) is 0 Å². The fourth-order valence-electron chi connectivity index (χ4n) is 1.94. The molecule has 3 rings (SSSR count). The fraction of sp³-hybridized carbons (Fsp3) is 0.417. The van der Waals surface area contributed by atoms with Crippen molar-refractivity contribution in [2.45, 2.75) is 18.5 Å². The Hall–Kier alpha value is -2.16. The molecule has 1 N–H and O–H groups in total. The lowest BCUT2D eigenvalue weighted by molar-refractivity contribution is 0.664. The maximum absolute atomic E-state index is 4.52. The first-order valence-corrected chi connectivity index (χ1v) is 7.69. The molecule has 110 valence electrons. The number of aryl methyl sites for hydroxylation is 2. The summed E-state index contributed by atoms with van der Waals surface area (Å²) in [5, 5.41) is 19.8. The van der Waals surface area contributed by atoms with Crippen LogP contribution in [0.25, 0.3) is 5.65 Å².